The van der Waals surface area contributed by atoms with Crippen LogP contribution < -0.4 is 5.32 Å². The van der Waals surface area contributed by atoms with E-state index in [2.05, 4.69) is 24.4 Å². The van der Waals surface area contributed by atoms with Crippen LogP contribution in [0.5, 0.6) is 0 Å². The molecule has 0 aromatic heterocycles. The van der Waals surface area contributed by atoms with E-state index in [0.717, 1.165) is 5.92 Å². The second kappa shape index (κ2) is 6.24. The van der Waals surface area contributed by atoms with E-state index in [4.69, 9.17) is 0 Å². The van der Waals surface area contributed by atoms with Crippen molar-refractivity contribution in [2.24, 2.45) is 5.92 Å². The van der Waals surface area contributed by atoms with Crippen LogP contribution in [0.2, 0.25) is 0 Å². The highest BCUT2D eigenvalue weighted by molar-refractivity contribution is 4.95. The van der Waals surface area contributed by atoms with Gasteiger partial charge in [-0.15, -0.1) is 0 Å². The standard InChI is InChI=1S/C11H21N/c1-2-3-9-12-10-8-11-6-4-5-7-11/h4,6,11-12H,2-3,5,7-10H2,1H3. The van der Waals surface area contributed by atoms with Crippen LogP contribution in [0.25, 0.3) is 0 Å². The van der Waals surface area contributed by atoms with E-state index in [9.17, 15) is 0 Å². The molecule has 1 N–H and O–H groups in total. The van der Waals surface area contributed by atoms with E-state index < -0.39 is 0 Å². The molecule has 1 rings (SSSR count). The molecule has 0 heterocycles. The Morgan fingerprint density at radius 2 is 2.33 bits per heavy atom. The quantitative estimate of drug-likeness (QED) is 0.474. The van der Waals surface area contributed by atoms with Gasteiger partial charge >= 0.3 is 0 Å². The summed E-state index contributed by atoms with van der Waals surface area (Å²) >= 11 is 0. The van der Waals surface area contributed by atoms with Gasteiger partial charge in [-0.05, 0) is 44.7 Å². The SMILES string of the molecule is CCCCNCCC1C=CCC1. The van der Waals surface area contributed by atoms with Gasteiger partial charge in [-0.2, -0.15) is 0 Å². The summed E-state index contributed by atoms with van der Waals surface area (Å²) < 4.78 is 0. The van der Waals surface area contributed by atoms with Gasteiger partial charge in [0.05, 0.1) is 0 Å². The lowest BCUT2D eigenvalue weighted by Gasteiger charge is -2.07. The van der Waals surface area contributed by atoms with Crippen molar-refractivity contribution in [2.75, 3.05) is 13.1 Å². The van der Waals surface area contributed by atoms with Gasteiger partial charge in [0.2, 0.25) is 0 Å². The lowest BCUT2D eigenvalue weighted by atomic mass is 10.1. The summed E-state index contributed by atoms with van der Waals surface area (Å²) in [5.74, 6) is 0.874. The molecular weight excluding hydrogens is 146 g/mol. The normalized spacial score (nSPS) is 21.9. The number of unbranched alkanes of at least 4 members (excludes halogenated alkanes) is 1. The zero-order valence-electron chi connectivity index (χ0n) is 8.18. The fourth-order valence-electron chi connectivity index (χ4n) is 1.65. The molecule has 0 radical (unpaired) electrons. The Kier molecular flexibility index (Phi) is 5.09. The van der Waals surface area contributed by atoms with Gasteiger partial charge in [0.25, 0.3) is 0 Å². The molecule has 0 spiro atoms. The molecule has 1 aliphatic carbocycles. The van der Waals surface area contributed by atoms with Crippen LogP contribution in [0, 0.1) is 5.92 Å². The Morgan fingerprint density at radius 1 is 1.42 bits per heavy atom. The van der Waals surface area contributed by atoms with Gasteiger partial charge in [-0.3, -0.25) is 0 Å². The maximum Gasteiger partial charge on any atom is -0.00433 e. The van der Waals surface area contributed by atoms with Crippen molar-refractivity contribution in [1.82, 2.24) is 5.32 Å². The van der Waals surface area contributed by atoms with E-state index in [0.29, 0.717) is 0 Å². The molecule has 1 aliphatic rings. The first-order valence-electron chi connectivity index (χ1n) is 5.31. The van der Waals surface area contributed by atoms with Crippen molar-refractivity contribution in [3.8, 4) is 0 Å². The van der Waals surface area contributed by atoms with Crippen molar-refractivity contribution in [3.05, 3.63) is 12.2 Å². The molecule has 12 heavy (non-hydrogen) atoms. The molecule has 1 nitrogen and oxygen atoms in total. The summed E-state index contributed by atoms with van der Waals surface area (Å²) in [6.45, 7) is 4.64. The predicted molar refractivity (Wildman–Crippen MR) is 54.3 cm³/mol. The molecule has 0 aromatic carbocycles. The highest BCUT2D eigenvalue weighted by Crippen LogP contribution is 2.19. The van der Waals surface area contributed by atoms with E-state index in [1.807, 2.05) is 0 Å². The van der Waals surface area contributed by atoms with Crippen molar-refractivity contribution in [3.63, 3.8) is 0 Å². The van der Waals surface area contributed by atoms with Crippen molar-refractivity contribution in [1.29, 1.82) is 0 Å². The Morgan fingerprint density at radius 3 is 3.00 bits per heavy atom. The minimum atomic E-state index is 0.874. The summed E-state index contributed by atoms with van der Waals surface area (Å²) in [4.78, 5) is 0. The minimum absolute atomic E-state index is 0.874. The zero-order valence-corrected chi connectivity index (χ0v) is 8.18. The Labute approximate surface area is 76.2 Å². The Balaban J connectivity index is 1.85. The van der Waals surface area contributed by atoms with E-state index in [-0.39, 0.29) is 0 Å². The van der Waals surface area contributed by atoms with Crippen LogP contribution in [0.15, 0.2) is 12.2 Å². The maximum atomic E-state index is 3.48. The molecule has 1 heteroatoms. The molecule has 0 saturated heterocycles. The minimum Gasteiger partial charge on any atom is -0.317 e. The third kappa shape index (κ3) is 3.91. The molecule has 1 unspecified atom stereocenters. The smallest absolute Gasteiger partial charge is 0.00433 e. The average Bonchev–Trinajstić information content (AvgIpc) is 2.57. The number of nitrogens with one attached hydrogen (secondary N) is 1. The van der Waals surface area contributed by atoms with Gasteiger partial charge in [0.1, 0.15) is 0 Å². The van der Waals surface area contributed by atoms with Gasteiger partial charge < -0.3 is 5.32 Å². The van der Waals surface area contributed by atoms with E-state index >= 15 is 0 Å². The van der Waals surface area contributed by atoms with Crippen molar-refractivity contribution in [2.45, 2.75) is 39.0 Å². The van der Waals surface area contributed by atoms with Crippen LogP contribution >= 0.6 is 0 Å². The monoisotopic (exact) mass is 167 g/mol. The molecule has 0 amide bonds. The molecule has 70 valence electrons. The lowest BCUT2D eigenvalue weighted by Crippen LogP contribution is -2.18. The van der Waals surface area contributed by atoms with Crippen LogP contribution in [0.1, 0.15) is 39.0 Å². The first-order chi connectivity index (χ1) is 5.93. The third-order valence-corrected chi connectivity index (χ3v) is 2.51. The second-order valence-electron chi connectivity index (χ2n) is 3.66. The van der Waals surface area contributed by atoms with Gasteiger partial charge in [0, 0.05) is 0 Å². The zero-order chi connectivity index (χ0) is 8.65. The summed E-state index contributed by atoms with van der Waals surface area (Å²) in [6, 6.07) is 0. The fourth-order valence-corrected chi connectivity index (χ4v) is 1.65. The first kappa shape index (κ1) is 9.79. The first-order valence-corrected chi connectivity index (χ1v) is 5.31. The maximum absolute atomic E-state index is 3.48. The molecule has 0 aromatic rings. The van der Waals surface area contributed by atoms with Crippen LogP contribution in [0.4, 0.5) is 0 Å². The fraction of sp³-hybridized carbons (Fsp3) is 0.818. The van der Waals surface area contributed by atoms with Crippen LogP contribution in [-0.2, 0) is 0 Å². The highest BCUT2D eigenvalue weighted by atomic mass is 14.8. The predicted octanol–water partition coefficient (Wildman–Crippen LogP) is 2.73. The number of hydrogen-bond donors (Lipinski definition) is 1. The van der Waals surface area contributed by atoms with E-state index in [1.165, 1.54) is 45.2 Å². The molecule has 1 atom stereocenters. The van der Waals surface area contributed by atoms with E-state index in [1.54, 1.807) is 0 Å². The molecule has 0 aliphatic heterocycles. The molecule has 0 saturated carbocycles. The highest BCUT2D eigenvalue weighted by Gasteiger charge is 2.07. The Hall–Kier alpha value is -0.300. The topological polar surface area (TPSA) is 12.0 Å². The van der Waals surface area contributed by atoms with Crippen molar-refractivity contribution < 1.29 is 0 Å². The molecule has 0 fully saturated rings. The van der Waals surface area contributed by atoms with Crippen molar-refractivity contribution >= 4 is 0 Å². The molecule has 0 bridgehead atoms. The Bertz CT molecular complexity index is 129. The largest absolute Gasteiger partial charge is 0.317 e. The van der Waals surface area contributed by atoms with Crippen LogP contribution in [0.3, 0.4) is 0 Å². The second-order valence-corrected chi connectivity index (χ2v) is 3.66. The average molecular weight is 167 g/mol. The number of allylic oxidation sites excluding steroid dienone is 2. The lowest BCUT2D eigenvalue weighted by molar-refractivity contribution is 0.528. The summed E-state index contributed by atoms with van der Waals surface area (Å²) in [6.07, 6.45) is 11.3. The molecular formula is C11H21N. The third-order valence-electron chi connectivity index (χ3n) is 2.51. The van der Waals surface area contributed by atoms with Gasteiger partial charge in [-0.25, -0.2) is 0 Å². The summed E-state index contributed by atoms with van der Waals surface area (Å²) in [7, 11) is 0. The summed E-state index contributed by atoms with van der Waals surface area (Å²) in [5, 5.41) is 3.48. The number of hydrogen-bond acceptors (Lipinski definition) is 1. The van der Waals surface area contributed by atoms with Crippen LogP contribution in [-0.4, -0.2) is 13.1 Å². The summed E-state index contributed by atoms with van der Waals surface area (Å²) in [5.41, 5.74) is 0. The number of rotatable bonds is 6. The van der Waals surface area contributed by atoms with Gasteiger partial charge in [0.15, 0.2) is 0 Å². The van der Waals surface area contributed by atoms with Gasteiger partial charge in [-0.1, -0.05) is 25.5 Å².